The summed E-state index contributed by atoms with van der Waals surface area (Å²) in [6.07, 6.45) is -3.47. The number of hydrogen-bond acceptors (Lipinski definition) is 6. The van der Waals surface area contributed by atoms with Crippen LogP contribution < -0.4 is 25.8 Å². The van der Waals surface area contributed by atoms with Crippen LogP contribution in [0.1, 0.15) is 11.3 Å². The largest absolute Gasteiger partial charge is 0.493 e. The molecule has 2 aromatic rings. The molecule has 0 saturated heterocycles. The van der Waals surface area contributed by atoms with E-state index in [0.717, 1.165) is 17.8 Å². The summed E-state index contributed by atoms with van der Waals surface area (Å²) in [5.41, 5.74) is 5.65. The normalized spacial score (nSPS) is 11.8. The molecule has 0 fully saturated rings. The molecule has 8 nitrogen and oxygen atoms in total. The molecule has 4 N–H and O–H groups in total. The van der Waals surface area contributed by atoms with Gasteiger partial charge in [-0.3, -0.25) is 0 Å². The van der Waals surface area contributed by atoms with Crippen LogP contribution in [0, 0.1) is 0 Å². The molecule has 28 heavy (non-hydrogen) atoms. The highest BCUT2D eigenvalue weighted by Gasteiger charge is 2.32. The summed E-state index contributed by atoms with van der Waals surface area (Å²) in [4.78, 5) is 11.3. The number of nitrogens with two attached hydrogens (primary N) is 1. The van der Waals surface area contributed by atoms with E-state index in [1.54, 1.807) is 26.4 Å². The highest BCUT2D eigenvalue weighted by Crippen LogP contribution is 2.28. The van der Waals surface area contributed by atoms with E-state index >= 15 is 0 Å². The smallest absolute Gasteiger partial charge is 0.433 e. The quantitative estimate of drug-likeness (QED) is 0.355. The fraction of sp³-hybridized carbons (Fsp3) is 0.353. The average Bonchev–Trinajstić information content (AvgIpc) is 2.69. The topological polar surface area (TPSA) is 107 Å². The molecule has 0 atom stereocenters. The molecular formula is C17H21F3N6O2. The third-order valence-corrected chi connectivity index (χ3v) is 3.54. The first-order valence-corrected chi connectivity index (χ1v) is 8.22. The first-order chi connectivity index (χ1) is 13.3. The van der Waals surface area contributed by atoms with E-state index in [2.05, 4.69) is 25.6 Å². The van der Waals surface area contributed by atoms with E-state index in [1.807, 2.05) is 6.07 Å². The summed E-state index contributed by atoms with van der Waals surface area (Å²) >= 11 is 0. The Labute approximate surface area is 160 Å². The Morgan fingerprint density at radius 3 is 2.57 bits per heavy atom. The summed E-state index contributed by atoms with van der Waals surface area (Å²) in [6, 6.07) is 6.21. The van der Waals surface area contributed by atoms with Gasteiger partial charge in [0.1, 0.15) is 5.69 Å². The van der Waals surface area contributed by atoms with Gasteiger partial charge in [-0.2, -0.15) is 13.2 Å². The van der Waals surface area contributed by atoms with Gasteiger partial charge in [0.25, 0.3) is 0 Å². The van der Waals surface area contributed by atoms with Crippen LogP contribution in [0.15, 0.2) is 35.5 Å². The van der Waals surface area contributed by atoms with Gasteiger partial charge in [-0.05, 0) is 23.8 Å². The second-order valence-electron chi connectivity index (χ2n) is 5.51. The van der Waals surface area contributed by atoms with Crippen molar-refractivity contribution >= 4 is 11.9 Å². The number of ether oxygens (including phenoxy) is 2. The fourth-order valence-corrected chi connectivity index (χ4v) is 2.18. The number of halogens is 3. The Morgan fingerprint density at radius 2 is 1.89 bits per heavy atom. The molecule has 1 aromatic carbocycles. The third-order valence-electron chi connectivity index (χ3n) is 3.54. The van der Waals surface area contributed by atoms with Crippen LogP contribution in [-0.2, 0) is 12.7 Å². The Balaban J connectivity index is 1.80. The van der Waals surface area contributed by atoms with Crippen molar-refractivity contribution in [1.82, 2.24) is 15.3 Å². The van der Waals surface area contributed by atoms with Gasteiger partial charge < -0.3 is 25.8 Å². The van der Waals surface area contributed by atoms with Gasteiger partial charge in [-0.15, -0.1) is 0 Å². The van der Waals surface area contributed by atoms with E-state index in [0.29, 0.717) is 24.6 Å². The van der Waals surface area contributed by atoms with Crippen molar-refractivity contribution in [2.75, 3.05) is 32.6 Å². The van der Waals surface area contributed by atoms with Gasteiger partial charge in [0.15, 0.2) is 17.5 Å². The van der Waals surface area contributed by atoms with Crippen molar-refractivity contribution in [2.45, 2.75) is 12.7 Å². The standard InChI is InChI=1S/C17H21F3N6O2/c1-27-12-4-3-11(9-13(12)28-2)10-25-15(21)22-7-8-24-16-23-6-5-14(26-16)17(18,19)20/h3-6,9H,7-8,10H2,1-2H3,(H3,21,22,25)(H,23,24,26). The first kappa shape index (κ1) is 21.1. The summed E-state index contributed by atoms with van der Waals surface area (Å²) < 4.78 is 48.2. The number of aliphatic imine (C=N–C) groups is 1. The number of methoxy groups -OCH3 is 2. The number of nitrogens with one attached hydrogen (secondary N) is 2. The Morgan fingerprint density at radius 1 is 1.14 bits per heavy atom. The zero-order valence-corrected chi connectivity index (χ0v) is 15.4. The molecule has 0 unspecified atom stereocenters. The molecule has 1 aromatic heterocycles. The minimum absolute atomic E-state index is 0.113. The summed E-state index contributed by atoms with van der Waals surface area (Å²) in [6.45, 7) is 0.901. The van der Waals surface area contributed by atoms with Crippen LogP contribution in [0.2, 0.25) is 0 Å². The van der Waals surface area contributed by atoms with Crippen molar-refractivity contribution in [3.05, 3.63) is 41.7 Å². The maximum atomic E-state index is 12.6. The van der Waals surface area contributed by atoms with Crippen molar-refractivity contribution in [2.24, 2.45) is 10.7 Å². The van der Waals surface area contributed by atoms with Crippen LogP contribution in [0.5, 0.6) is 11.5 Å². The van der Waals surface area contributed by atoms with Crippen LogP contribution in [0.25, 0.3) is 0 Å². The number of anilines is 1. The van der Waals surface area contributed by atoms with E-state index < -0.39 is 11.9 Å². The molecular weight excluding hydrogens is 377 g/mol. The number of rotatable bonds is 8. The lowest BCUT2D eigenvalue weighted by Gasteiger charge is -2.10. The highest BCUT2D eigenvalue weighted by molar-refractivity contribution is 5.77. The number of hydrogen-bond donors (Lipinski definition) is 3. The van der Waals surface area contributed by atoms with Crippen molar-refractivity contribution in [1.29, 1.82) is 0 Å². The van der Waals surface area contributed by atoms with Crippen molar-refractivity contribution < 1.29 is 22.6 Å². The molecule has 0 bridgehead atoms. The predicted molar refractivity (Wildman–Crippen MR) is 98.4 cm³/mol. The number of alkyl halides is 3. The van der Waals surface area contributed by atoms with Crippen molar-refractivity contribution in [3.8, 4) is 11.5 Å². The van der Waals surface area contributed by atoms with Gasteiger partial charge in [-0.25, -0.2) is 15.0 Å². The van der Waals surface area contributed by atoms with Crippen LogP contribution in [-0.4, -0.2) is 43.2 Å². The molecule has 0 aliphatic rings. The average molecular weight is 398 g/mol. The SMILES string of the molecule is COc1ccc(CN=C(N)NCCNc2nccc(C(F)(F)F)n2)cc1OC. The molecule has 0 amide bonds. The zero-order valence-electron chi connectivity index (χ0n) is 15.4. The molecule has 2 rings (SSSR count). The van der Waals surface area contributed by atoms with E-state index in [1.165, 1.54) is 0 Å². The van der Waals surface area contributed by atoms with Gasteiger partial charge in [0, 0.05) is 19.3 Å². The molecule has 152 valence electrons. The van der Waals surface area contributed by atoms with Gasteiger partial charge in [0.05, 0.1) is 20.8 Å². The number of benzene rings is 1. The summed E-state index contributed by atoms with van der Waals surface area (Å²) in [5, 5.41) is 5.54. The molecule has 0 aliphatic carbocycles. The Kier molecular flexibility index (Phi) is 7.24. The molecule has 0 radical (unpaired) electrons. The minimum atomic E-state index is -4.52. The lowest BCUT2D eigenvalue weighted by molar-refractivity contribution is -0.141. The Bertz CT molecular complexity index is 814. The molecule has 11 heteroatoms. The predicted octanol–water partition coefficient (Wildman–Crippen LogP) is 2.03. The molecule has 0 saturated carbocycles. The molecule has 0 spiro atoms. The van der Waals surface area contributed by atoms with Crippen molar-refractivity contribution in [3.63, 3.8) is 0 Å². The monoisotopic (exact) mass is 398 g/mol. The van der Waals surface area contributed by atoms with E-state index in [9.17, 15) is 13.2 Å². The summed E-state index contributed by atoms with van der Waals surface area (Å²) in [7, 11) is 3.10. The second kappa shape index (κ2) is 9.62. The maximum Gasteiger partial charge on any atom is 0.433 e. The number of guanidine groups is 1. The lowest BCUT2D eigenvalue weighted by atomic mass is 10.2. The fourth-order valence-electron chi connectivity index (χ4n) is 2.18. The number of nitrogens with zero attached hydrogens (tertiary/aromatic N) is 3. The van der Waals surface area contributed by atoms with E-state index in [4.69, 9.17) is 15.2 Å². The van der Waals surface area contributed by atoms with Gasteiger partial charge in [0.2, 0.25) is 5.95 Å². The zero-order chi connectivity index (χ0) is 20.6. The van der Waals surface area contributed by atoms with Gasteiger partial charge in [-0.1, -0.05) is 6.07 Å². The van der Waals surface area contributed by atoms with Crippen LogP contribution >= 0.6 is 0 Å². The first-order valence-electron chi connectivity index (χ1n) is 8.22. The maximum absolute atomic E-state index is 12.6. The summed E-state index contributed by atoms with van der Waals surface area (Å²) in [5.74, 6) is 1.29. The van der Waals surface area contributed by atoms with Gasteiger partial charge >= 0.3 is 6.18 Å². The Hall–Kier alpha value is -3.24. The van der Waals surface area contributed by atoms with Crippen LogP contribution in [0.3, 0.4) is 0 Å². The minimum Gasteiger partial charge on any atom is -0.493 e. The third kappa shape index (κ3) is 6.18. The van der Waals surface area contributed by atoms with Crippen LogP contribution in [0.4, 0.5) is 19.1 Å². The second-order valence-corrected chi connectivity index (χ2v) is 5.51. The molecule has 0 aliphatic heterocycles. The highest BCUT2D eigenvalue weighted by atomic mass is 19.4. The molecule has 1 heterocycles. The number of aromatic nitrogens is 2. The van der Waals surface area contributed by atoms with E-state index in [-0.39, 0.29) is 18.5 Å². The lowest BCUT2D eigenvalue weighted by Crippen LogP contribution is -2.35.